The zero-order valence-corrected chi connectivity index (χ0v) is 17.2. The fourth-order valence-corrected chi connectivity index (χ4v) is 4.97. The summed E-state index contributed by atoms with van der Waals surface area (Å²) in [6, 6.07) is 14.4. The molecular formula is C21H22N4O4S. The fraction of sp³-hybridized carbons (Fsp3) is 0.286. The van der Waals surface area contributed by atoms with Crippen molar-refractivity contribution in [2.45, 2.75) is 25.8 Å². The Bertz CT molecular complexity index is 1160. The highest BCUT2D eigenvalue weighted by Gasteiger charge is 2.30. The summed E-state index contributed by atoms with van der Waals surface area (Å²) < 4.78 is 29.7. The van der Waals surface area contributed by atoms with Crippen LogP contribution < -0.4 is 4.31 Å². The van der Waals surface area contributed by atoms with Crippen molar-refractivity contribution in [1.82, 2.24) is 14.3 Å². The van der Waals surface area contributed by atoms with Crippen LogP contribution in [0.1, 0.15) is 25.0 Å². The van der Waals surface area contributed by atoms with Gasteiger partial charge in [0, 0.05) is 25.6 Å². The molecule has 1 aliphatic rings. The maximum absolute atomic E-state index is 13.3. The molecule has 1 aliphatic heterocycles. The SMILES string of the molecule is O=C1CCCC(=O)N1CCS(=O)(=O)N(Cc1cnc2ccccn12)c1ccccc1. The lowest BCUT2D eigenvalue weighted by molar-refractivity contribution is -0.147. The van der Waals surface area contributed by atoms with Gasteiger partial charge in [-0.15, -0.1) is 0 Å². The van der Waals surface area contributed by atoms with Gasteiger partial charge in [-0.3, -0.25) is 18.8 Å². The summed E-state index contributed by atoms with van der Waals surface area (Å²) in [5.74, 6) is -0.958. The minimum Gasteiger partial charge on any atom is -0.302 e. The molecule has 0 atom stereocenters. The van der Waals surface area contributed by atoms with Crippen molar-refractivity contribution in [1.29, 1.82) is 0 Å². The summed E-state index contributed by atoms with van der Waals surface area (Å²) in [6.07, 6.45) is 4.55. The molecule has 0 spiro atoms. The molecule has 3 aromatic rings. The van der Waals surface area contributed by atoms with E-state index in [0.29, 0.717) is 17.8 Å². The summed E-state index contributed by atoms with van der Waals surface area (Å²) in [7, 11) is -3.82. The number of sulfonamides is 1. The second-order valence-electron chi connectivity index (χ2n) is 7.13. The molecule has 1 saturated heterocycles. The number of hydrogen-bond acceptors (Lipinski definition) is 5. The molecule has 8 nitrogen and oxygen atoms in total. The van der Waals surface area contributed by atoms with E-state index in [1.807, 2.05) is 34.9 Å². The van der Waals surface area contributed by atoms with Crippen LogP contribution in [0, 0.1) is 0 Å². The third kappa shape index (κ3) is 4.06. The van der Waals surface area contributed by atoms with Crippen LogP contribution >= 0.6 is 0 Å². The molecule has 3 heterocycles. The van der Waals surface area contributed by atoms with Crippen LogP contribution in [-0.2, 0) is 26.2 Å². The lowest BCUT2D eigenvalue weighted by Gasteiger charge is -2.28. The molecule has 0 bridgehead atoms. The van der Waals surface area contributed by atoms with E-state index >= 15 is 0 Å². The first-order chi connectivity index (χ1) is 14.5. The lowest BCUT2D eigenvalue weighted by Crippen LogP contribution is -2.44. The number of hydrogen-bond donors (Lipinski definition) is 0. The van der Waals surface area contributed by atoms with Gasteiger partial charge in [-0.25, -0.2) is 13.4 Å². The Morgan fingerprint density at radius 3 is 2.40 bits per heavy atom. The van der Waals surface area contributed by atoms with E-state index < -0.39 is 10.0 Å². The van der Waals surface area contributed by atoms with Gasteiger partial charge in [0.1, 0.15) is 5.65 Å². The van der Waals surface area contributed by atoms with Gasteiger partial charge in [-0.1, -0.05) is 24.3 Å². The molecule has 4 rings (SSSR count). The first kappa shape index (κ1) is 20.1. The minimum absolute atomic E-state index is 0.0828. The molecule has 30 heavy (non-hydrogen) atoms. The second kappa shape index (κ2) is 8.27. The molecule has 0 unspecified atom stereocenters. The number of imidazole rings is 1. The number of fused-ring (bicyclic) bond motifs is 1. The third-order valence-corrected chi connectivity index (χ3v) is 6.85. The molecule has 1 aromatic carbocycles. The molecule has 0 N–H and O–H groups in total. The molecule has 2 aromatic heterocycles. The molecular weight excluding hydrogens is 404 g/mol. The highest BCUT2D eigenvalue weighted by Crippen LogP contribution is 2.22. The zero-order chi connectivity index (χ0) is 21.1. The largest absolute Gasteiger partial charge is 0.302 e. The Balaban J connectivity index is 1.62. The summed E-state index contributed by atoms with van der Waals surface area (Å²) in [5.41, 5.74) is 1.95. The Morgan fingerprint density at radius 1 is 0.967 bits per heavy atom. The number of anilines is 1. The molecule has 2 amide bonds. The van der Waals surface area contributed by atoms with Crippen LogP contribution in [0.15, 0.2) is 60.9 Å². The van der Waals surface area contributed by atoms with Gasteiger partial charge in [0.15, 0.2) is 0 Å². The zero-order valence-electron chi connectivity index (χ0n) is 16.3. The van der Waals surface area contributed by atoms with Crippen molar-refractivity contribution >= 4 is 33.2 Å². The van der Waals surface area contributed by atoms with Crippen LogP contribution in [0.5, 0.6) is 0 Å². The number of likely N-dealkylation sites (tertiary alicyclic amines) is 1. The van der Waals surface area contributed by atoms with E-state index in [9.17, 15) is 18.0 Å². The minimum atomic E-state index is -3.82. The summed E-state index contributed by atoms with van der Waals surface area (Å²) >= 11 is 0. The number of amides is 2. The van der Waals surface area contributed by atoms with E-state index in [0.717, 1.165) is 10.5 Å². The van der Waals surface area contributed by atoms with Gasteiger partial charge in [0.25, 0.3) is 0 Å². The number of nitrogens with zero attached hydrogens (tertiary/aromatic N) is 4. The summed E-state index contributed by atoms with van der Waals surface area (Å²) in [6.45, 7) is -0.0596. The molecule has 0 radical (unpaired) electrons. The normalized spacial score (nSPS) is 15.0. The van der Waals surface area contributed by atoms with Gasteiger partial charge in [-0.2, -0.15) is 0 Å². The van der Waals surface area contributed by atoms with E-state index in [2.05, 4.69) is 4.98 Å². The number of aromatic nitrogens is 2. The van der Waals surface area contributed by atoms with Crippen molar-refractivity contribution in [3.63, 3.8) is 0 Å². The molecule has 0 aliphatic carbocycles. The van der Waals surface area contributed by atoms with E-state index in [4.69, 9.17) is 0 Å². The average molecular weight is 426 g/mol. The van der Waals surface area contributed by atoms with Crippen molar-refractivity contribution in [2.75, 3.05) is 16.6 Å². The number of carbonyl (C=O) groups excluding carboxylic acids is 2. The fourth-order valence-electron chi connectivity index (χ4n) is 3.56. The second-order valence-corrected chi connectivity index (χ2v) is 9.14. The standard InChI is InChI=1S/C21H22N4O4S/c26-20-10-6-11-21(27)24(20)13-14-30(28,29)25(17-7-2-1-3-8-17)16-18-15-22-19-9-4-5-12-23(18)19/h1-5,7-9,12,15H,6,10-11,13-14,16H2. The molecule has 0 saturated carbocycles. The van der Waals surface area contributed by atoms with E-state index in [1.54, 1.807) is 30.5 Å². The highest BCUT2D eigenvalue weighted by molar-refractivity contribution is 7.92. The maximum atomic E-state index is 13.3. The molecule has 1 fully saturated rings. The number of imide groups is 1. The van der Waals surface area contributed by atoms with Crippen LogP contribution in [-0.4, -0.2) is 46.8 Å². The number of piperidine rings is 1. The van der Waals surface area contributed by atoms with Gasteiger partial charge in [-0.05, 0) is 30.7 Å². The maximum Gasteiger partial charge on any atom is 0.237 e. The van der Waals surface area contributed by atoms with Gasteiger partial charge in [0.05, 0.1) is 29.9 Å². The Hall–Kier alpha value is -3.20. The van der Waals surface area contributed by atoms with Gasteiger partial charge < -0.3 is 4.40 Å². The van der Waals surface area contributed by atoms with Crippen molar-refractivity contribution in [3.05, 3.63) is 66.6 Å². The van der Waals surface area contributed by atoms with E-state index in [-0.39, 0.29) is 43.5 Å². The Morgan fingerprint density at radius 2 is 1.67 bits per heavy atom. The van der Waals surface area contributed by atoms with Gasteiger partial charge >= 0.3 is 0 Å². The number of benzene rings is 1. The molecule has 156 valence electrons. The number of rotatable bonds is 7. The predicted molar refractivity (Wildman–Crippen MR) is 112 cm³/mol. The predicted octanol–water partition coefficient (Wildman–Crippen LogP) is 2.21. The Kier molecular flexibility index (Phi) is 5.54. The van der Waals surface area contributed by atoms with Crippen molar-refractivity contribution in [2.24, 2.45) is 0 Å². The first-order valence-electron chi connectivity index (χ1n) is 9.75. The highest BCUT2D eigenvalue weighted by atomic mass is 32.2. The topological polar surface area (TPSA) is 92.1 Å². The van der Waals surface area contributed by atoms with Crippen LogP contribution in [0.2, 0.25) is 0 Å². The Labute approximate surface area is 174 Å². The van der Waals surface area contributed by atoms with E-state index in [1.165, 1.54) is 4.31 Å². The van der Waals surface area contributed by atoms with Crippen LogP contribution in [0.4, 0.5) is 5.69 Å². The van der Waals surface area contributed by atoms with Crippen molar-refractivity contribution in [3.8, 4) is 0 Å². The first-order valence-corrected chi connectivity index (χ1v) is 11.4. The number of pyridine rings is 1. The summed E-state index contributed by atoms with van der Waals surface area (Å²) in [5, 5.41) is 0. The van der Waals surface area contributed by atoms with Crippen molar-refractivity contribution < 1.29 is 18.0 Å². The number of para-hydroxylation sites is 1. The smallest absolute Gasteiger partial charge is 0.237 e. The summed E-state index contributed by atoms with van der Waals surface area (Å²) in [4.78, 5) is 29.5. The van der Waals surface area contributed by atoms with Crippen LogP contribution in [0.25, 0.3) is 5.65 Å². The average Bonchev–Trinajstić information content (AvgIpc) is 3.15. The van der Waals surface area contributed by atoms with Gasteiger partial charge in [0.2, 0.25) is 21.8 Å². The van der Waals surface area contributed by atoms with Crippen LogP contribution in [0.3, 0.4) is 0 Å². The quantitative estimate of drug-likeness (QED) is 0.540. The monoisotopic (exact) mass is 426 g/mol. The third-order valence-electron chi connectivity index (χ3n) is 5.14. The lowest BCUT2D eigenvalue weighted by atomic mass is 10.1. The molecule has 9 heteroatoms. The number of carbonyl (C=O) groups is 2.